The molecule has 0 spiro atoms. The number of nitrogen functional groups attached to an aromatic ring is 1. The van der Waals surface area contributed by atoms with Crippen LogP contribution in [-0.4, -0.2) is 34.5 Å². The van der Waals surface area contributed by atoms with Crippen molar-refractivity contribution in [1.82, 2.24) is 14.9 Å². The molecule has 1 aromatic heterocycles. The number of hydrogen-bond donors (Lipinski definition) is 2. The molecule has 3 rings (SSSR count). The number of piperidine rings is 1. The Morgan fingerprint density at radius 2 is 2.09 bits per heavy atom. The zero-order valence-electron chi connectivity index (χ0n) is 13.7. The lowest BCUT2D eigenvalue weighted by atomic mass is 9.97. The second-order valence-electron chi connectivity index (χ2n) is 6.36. The predicted octanol–water partition coefficient (Wildman–Crippen LogP) is 2.69. The molecule has 0 amide bonds. The Morgan fingerprint density at radius 3 is 2.87 bits per heavy atom. The average Bonchev–Trinajstić information content (AvgIpc) is 2.53. The van der Waals surface area contributed by atoms with E-state index in [1.807, 2.05) is 13.0 Å². The second kappa shape index (κ2) is 7.42. The normalized spacial score (nSPS) is 18.7. The summed E-state index contributed by atoms with van der Waals surface area (Å²) in [5, 5.41) is 3.42. The zero-order chi connectivity index (χ0) is 16.1. The first kappa shape index (κ1) is 15.7. The molecule has 0 saturated carbocycles. The van der Waals surface area contributed by atoms with Crippen LogP contribution in [-0.2, 0) is 6.54 Å². The lowest BCUT2D eigenvalue weighted by Gasteiger charge is -2.33. The van der Waals surface area contributed by atoms with Gasteiger partial charge in [0.2, 0.25) is 5.95 Å². The first-order valence-electron chi connectivity index (χ1n) is 8.30. The van der Waals surface area contributed by atoms with Gasteiger partial charge in [-0.25, -0.2) is 4.98 Å². The molecule has 3 N–H and O–H groups in total. The highest BCUT2D eigenvalue weighted by Gasteiger charge is 2.20. The number of nitrogens with zero attached hydrogens (tertiary/aromatic N) is 3. The van der Waals surface area contributed by atoms with Gasteiger partial charge in [-0.1, -0.05) is 30.3 Å². The molecular formula is C18H25N5. The third-order valence-electron chi connectivity index (χ3n) is 4.30. The van der Waals surface area contributed by atoms with Gasteiger partial charge in [0, 0.05) is 31.4 Å². The molecule has 0 aliphatic carbocycles. The number of hydrogen-bond acceptors (Lipinski definition) is 5. The highest BCUT2D eigenvalue weighted by molar-refractivity contribution is 5.40. The van der Waals surface area contributed by atoms with E-state index >= 15 is 0 Å². The van der Waals surface area contributed by atoms with Crippen LogP contribution in [0.4, 0.5) is 11.8 Å². The van der Waals surface area contributed by atoms with E-state index in [0.29, 0.717) is 11.9 Å². The first-order chi connectivity index (χ1) is 11.2. The number of benzene rings is 1. The lowest BCUT2D eigenvalue weighted by molar-refractivity contribution is 0.173. The number of aromatic nitrogens is 2. The minimum absolute atomic E-state index is 0.335. The fourth-order valence-electron chi connectivity index (χ4n) is 3.23. The zero-order valence-corrected chi connectivity index (χ0v) is 13.7. The molecule has 1 saturated heterocycles. The summed E-state index contributed by atoms with van der Waals surface area (Å²) in [5.41, 5.74) is 7.99. The number of nitrogens with two attached hydrogens (primary N) is 1. The predicted molar refractivity (Wildman–Crippen MR) is 94.1 cm³/mol. The molecule has 5 heteroatoms. The highest BCUT2D eigenvalue weighted by Crippen LogP contribution is 2.19. The van der Waals surface area contributed by atoms with Gasteiger partial charge in [-0.3, -0.25) is 4.90 Å². The Hall–Kier alpha value is -2.14. The van der Waals surface area contributed by atoms with Gasteiger partial charge in [-0.15, -0.1) is 0 Å². The average molecular weight is 311 g/mol. The van der Waals surface area contributed by atoms with Gasteiger partial charge in [0.05, 0.1) is 0 Å². The summed E-state index contributed by atoms with van der Waals surface area (Å²) in [6.45, 7) is 6.22. The SMILES string of the molecule is Cc1cc(NCC2CCCN(Cc3ccccc3)C2)nc(N)n1. The van der Waals surface area contributed by atoms with E-state index in [1.165, 1.54) is 24.9 Å². The second-order valence-corrected chi connectivity index (χ2v) is 6.36. The monoisotopic (exact) mass is 311 g/mol. The van der Waals surface area contributed by atoms with E-state index in [4.69, 9.17) is 5.73 Å². The third-order valence-corrected chi connectivity index (χ3v) is 4.30. The standard InChI is InChI=1S/C18H25N5/c1-14-10-17(22-18(19)21-14)20-11-16-8-5-9-23(13-16)12-15-6-3-2-4-7-15/h2-4,6-7,10,16H,5,8-9,11-13H2,1H3,(H3,19,20,21,22). The molecule has 2 aromatic rings. The van der Waals surface area contributed by atoms with Crippen molar-refractivity contribution in [1.29, 1.82) is 0 Å². The van der Waals surface area contributed by atoms with Gasteiger partial charge in [0.15, 0.2) is 0 Å². The van der Waals surface area contributed by atoms with Gasteiger partial charge < -0.3 is 11.1 Å². The van der Waals surface area contributed by atoms with E-state index in [-0.39, 0.29) is 0 Å². The Balaban J connectivity index is 1.52. The molecule has 2 heterocycles. The molecule has 122 valence electrons. The molecule has 1 aliphatic rings. The van der Waals surface area contributed by atoms with Crippen molar-refractivity contribution in [3.8, 4) is 0 Å². The van der Waals surface area contributed by atoms with Crippen molar-refractivity contribution in [3.05, 3.63) is 47.7 Å². The maximum atomic E-state index is 5.71. The van der Waals surface area contributed by atoms with Crippen LogP contribution in [0.25, 0.3) is 0 Å². The molecular weight excluding hydrogens is 286 g/mol. The maximum Gasteiger partial charge on any atom is 0.222 e. The molecule has 0 bridgehead atoms. The molecule has 1 fully saturated rings. The Bertz CT molecular complexity index is 608. The van der Waals surface area contributed by atoms with Crippen LogP contribution in [0.15, 0.2) is 36.4 Å². The lowest BCUT2D eigenvalue weighted by Crippen LogP contribution is -2.37. The number of aryl methyl sites for hydroxylation is 1. The van der Waals surface area contributed by atoms with Crippen molar-refractivity contribution in [2.45, 2.75) is 26.3 Å². The summed E-state index contributed by atoms with van der Waals surface area (Å²) in [4.78, 5) is 10.9. The molecule has 1 atom stereocenters. The number of nitrogens with one attached hydrogen (secondary N) is 1. The van der Waals surface area contributed by atoms with Gasteiger partial charge in [0.1, 0.15) is 5.82 Å². The Morgan fingerprint density at radius 1 is 1.26 bits per heavy atom. The molecule has 1 aromatic carbocycles. The summed E-state index contributed by atoms with van der Waals surface area (Å²) in [6.07, 6.45) is 2.52. The Kier molecular flexibility index (Phi) is 5.08. The minimum Gasteiger partial charge on any atom is -0.370 e. The molecule has 0 radical (unpaired) electrons. The van der Waals surface area contributed by atoms with Crippen molar-refractivity contribution in [3.63, 3.8) is 0 Å². The van der Waals surface area contributed by atoms with Gasteiger partial charge in [-0.2, -0.15) is 4.98 Å². The molecule has 5 nitrogen and oxygen atoms in total. The number of rotatable bonds is 5. The van der Waals surface area contributed by atoms with Crippen LogP contribution in [0.5, 0.6) is 0 Å². The van der Waals surface area contributed by atoms with E-state index in [0.717, 1.165) is 31.1 Å². The number of likely N-dealkylation sites (tertiary alicyclic amines) is 1. The summed E-state index contributed by atoms with van der Waals surface area (Å²) in [5.74, 6) is 1.81. The largest absolute Gasteiger partial charge is 0.370 e. The molecule has 23 heavy (non-hydrogen) atoms. The van der Waals surface area contributed by atoms with Crippen LogP contribution >= 0.6 is 0 Å². The van der Waals surface area contributed by atoms with Crippen LogP contribution in [0.1, 0.15) is 24.1 Å². The van der Waals surface area contributed by atoms with Crippen LogP contribution in [0, 0.1) is 12.8 Å². The fourth-order valence-corrected chi connectivity index (χ4v) is 3.23. The van der Waals surface area contributed by atoms with Crippen molar-refractivity contribution in [2.75, 3.05) is 30.7 Å². The summed E-state index contributed by atoms with van der Waals surface area (Å²) >= 11 is 0. The van der Waals surface area contributed by atoms with Crippen LogP contribution in [0.2, 0.25) is 0 Å². The quantitative estimate of drug-likeness (QED) is 0.888. The van der Waals surface area contributed by atoms with E-state index < -0.39 is 0 Å². The van der Waals surface area contributed by atoms with Gasteiger partial charge >= 0.3 is 0 Å². The highest BCUT2D eigenvalue weighted by atomic mass is 15.1. The fraction of sp³-hybridized carbons (Fsp3) is 0.444. The third kappa shape index (κ3) is 4.66. The minimum atomic E-state index is 0.335. The summed E-state index contributed by atoms with van der Waals surface area (Å²) in [7, 11) is 0. The maximum absolute atomic E-state index is 5.71. The molecule has 1 aliphatic heterocycles. The van der Waals surface area contributed by atoms with Gasteiger partial charge in [0.25, 0.3) is 0 Å². The molecule has 1 unspecified atom stereocenters. The first-order valence-corrected chi connectivity index (χ1v) is 8.30. The van der Waals surface area contributed by atoms with E-state index in [2.05, 4.69) is 50.5 Å². The van der Waals surface area contributed by atoms with E-state index in [1.54, 1.807) is 0 Å². The van der Waals surface area contributed by atoms with Crippen molar-refractivity contribution >= 4 is 11.8 Å². The van der Waals surface area contributed by atoms with Crippen molar-refractivity contribution in [2.24, 2.45) is 5.92 Å². The summed E-state index contributed by atoms with van der Waals surface area (Å²) in [6, 6.07) is 12.6. The Labute approximate surface area is 137 Å². The smallest absolute Gasteiger partial charge is 0.222 e. The van der Waals surface area contributed by atoms with Crippen LogP contribution in [0.3, 0.4) is 0 Å². The van der Waals surface area contributed by atoms with Crippen LogP contribution < -0.4 is 11.1 Å². The van der Waals surface area contributed by atoms with Crippen molar-refractivity contribution < 1.29 is 0 Å². The number of anilines is 2. The summed E-state index contributed by atoms with van der Waals surface area (Å²) < 4.78 is 0. The van der Waals surface area contributed by atoms with E-state index in [9.17, 15) is 0 Å². The topological polar surface area (TPSA) is 67.1 Å². The van der Waals surface area contributed by atoms with Gasteiger partial charge in [-0.05, 0) is 37.8 Å².